The van der Waals surface area contributed by atoms with Gasteiger partial charge in [-0.05, 0) is 25.0 Å². The molecule has 0 spiro atoms. The smallest absolute Gasteiger partial charge is 0.407 e. The minimum absolute atomic E-state index is 0.0608. The van der Waals surface area contributed by atoms with Crippen LogP contribution in [-0.4, -0.2) is 51.3 Å². The van der Waals surface area contributed by atoms with Gasteiger partial charge in [-0.25, -0.2) is 4.79 Å². The van der Waals surface area contributed by atoms with Crippen LogP contribution in [0, 0.1) is 0 Å². The number of nitrogens with two attached hydrogens (primary N) is 1. The first-order valence-corrected chi connectivity index (χ1v) is 7.50. The zero-order valence-corrected chi connectivity index (χ0v) is 12.8. The first-order valence-electron chi connectivity index (χ1n) is 7.50. The average Bonchev–Trinajstić information content (AvgIpc) is 2.98. The molecule has 0 unspecified atom stereocenters. The third-order valence-electron chi connectivity index (χ3n) is 3.98. The second-order valence-corrected chi connectivity index (χ2v) is 5.53. The number of likely N-dealkylation sites (tertiary alicyclic amines) is 1. The van der Waals surface area contributed by atoms with E-state index in [9.17, 15) is 9.59 Å². The SMILES string of the molecule is Nc1onc(-c2cccnc2)c1C(=O)NC1CCN(C(=O)O)CC1. The van der Waals surface area contributed by atoms with Crippen molar-refractivity contribution in [2.24, 2.45) is 0 Å². The van der Waals surface area contributed by atoms with Gasteiger partial charge in [-0.2, -0.15) is 0 Å². The van der Waals surface area contributed by atoms with Gasteiger partial charge in [0.25, 0.3) is 5.91 Å². The van der Waals surface area contributed by atoms with Crippen LogP contribution >= 0.6 is 0 Å². The number of piperidine rings is 1. The molecule has 1 fully saturated rings. The van der Waals surface area contributed by atoms with E-state index < -0.39 is 6.09 Å². The van der Waals surface area contributed by atoms with Crippen molar-refractivity contribution in [2.75, 3.05) is 18.8 Å². The fourth-order valence-corrected chi connectivity index (χ4v) is 2.69. The van der Waals surface area contributed by atoms with Crippen LogP contribution < -0.4 is 11.1 Å². The molecule has 3 rings (SSSR count). The third-order valence-corrected chi connectivity index (χ3v) is 3.98. The first kappa shape index (κ1) is 15.8. The maximum Gasteiger partial charge on any atom is 0.407 e. The molecule has 1 aliphatic rings. The lowest BCUT2D eigenvalue weighted by atomic mass is 10.0. The maximum absolute atomic E-state index is 12.6. The molecule has 0 bridgehead atoms. The summed E-state index contributed by atoms with van der Waals surface area (Å²) in [5.41, 5.74) is 6.88. The fraction of sp³-hybridized carbons (Fsp3) is 0.333. The second kappa shape index (κ2) is 6.57. The van der Waals surface area contributed by atoms with Crippen LogP contribution in [0.5, 0.6) is 0 Å². The number of amides is 2. The van der Waals surface area contributed by atoms with E-state index in [-0.39, 0.29) is 23.4 Å². The van der Waals surface area contributed by atoms with Crippen molar-refractivity contribution in [1.82, 2.24) is 20.4 Å². The summed E-state index contributed by atoms with van der Waals surface area (Å²) in [6.45, 7) is 0.768. The molecule has 24 heavy (non-hydrogen) atoms. The van der Waals surface area contributed by atoms with Crippen LogP contribution in [0.2, 0.25) is 0 Å². The molecule has 0 aliphatic carbocycles. The predicted molar refractivity (Wildman–Crippen MR) is 84.2 cm³/mol. The van der Waals surface area contributed by atoms with Gasteiger partial charge in [0.2, 0.25) is 5.88 Å². The second-order valence-electron chi connectivity index (χ2n) is 5.53. The molecule has 0 radical (unpaired) electrons. The van der Waals surface area contributed by atoms with Crippen molar-refractivity contribution in [3.8, 4) is 11.3 Å². The summed E-state index contributed by atoms with van der Waals surface area (Å²) in [6, 6.07) is 3.36. The summed E-state index contributed by atoms with van der Waals surface area (Å²) in [5.74, 6) is -0.448. The number of carboxylic acid groups (broad SMARTS) is 1. The van der Waals surface area contributed by atoms with E-state index in [1.54, 1.807) is 24.5 Å². The molecule has 126 valence electrons. The standard InChI is InChI=1S/C15H17N5O4/c16-13-11(12(19-24-13)9-2-1-5-17-8-9)14(21)18-10-3-6-20(7-4-10)15(22)23/h1-2,5,8,10H,3-4,6-7,16H2,(H,18,21)(H,22,23). The van der Waals surface area contributed by atoms with Crippen molar-refractivity contribution < 1.29 is 19.2 Å². The van der Waals surface area contributed by atoms with E-state index in [1.165, 1.54) is 4.90 Å². The van der Waals surface area contributed by atoms with E-state index in [1.807, 2.05) is 0 Å². The summed E-state index contributed by atoms with van der Waals surface area (Å²) in [4.78, 5) is 28.8. The number of anilines is 1. The lowest BCUT2D eigenvalue weighted by Crippen LogP contribution is -2.46. The highest BCUT2D eigenvalue weighted by atomic mass is 16.5. The highest BCUT2D eigenvalue weighted by Gasteiger charge is 2.27. The zero-order valence-electron chi connectivity index (χ0n) is 12.8. The Labute approximate surface area is 137 Å². The van der Waals surface area contributed by atoms with Crippen LogP contribution in [0.1, 0.15) is 23.2 Å². The van der Waals surface area contributed by atoms with Crippen LogP contribution in [-0.2, 0) is 0 Å². The number of carbonyl (C=O) groups excluding carboxylic acids is 1. The van der Waals surface area contributed by atoms with Crippen LogP contribution in [0.15, 0.2) is 29.0 Å². The van der Waals surface area contributed by atoms with Crippen molar-refractivity contribution in [1.29, 1.82) is 0 Å². The fourth-order valence-electron chi connectivity index (χ4n) is 2.69. The van der Waals surface area contributed by atoms with Gasteiger partial charge < -0.3 is 25.6 Å². The van der Waals surface area contributed by atoms with Gasteiger partial charge in [0.15, 0.2) is 0 Å². The Morgan fingerprint density at radius 1 is 1.38 bits per heavy atom. The number of aromatic nitrogens is 2. The van der Waals surface area contributed by atoms with Gasteiger partial charge in [-0.15, -0.1) is 0 Å². The van der Waals surface area contributed by atoms with E-state index in [0.717, 1.165) is 0 Å². The molecule has 0 aromatic carbocycles. The minimum atomic E-state index is -0.943. The molecule has 2 aromatic rings. The molecule has 1 aliphatic heterocycles. The van der Waals surface area contributed by atoms with Gasteiger partial charge >= 0.3 is 6.09 Å². The molecule has 2 amide bonds. The van der Waals surface area contributed by atoms with Gasteiger partial charge in [-0.1, -0.05) is 5.16 Å². The van der Waals surface area contributed by atoms with E-state index in [0.29, 0.717) is 37.2 Å². The van der Waals surface area contributed by atoms with Gasteiger partial charge in [0, 0.05) is 37.1 Å². The highest BCUT2D eigenvalue weighted by molar-refractivity contribution is 6.03. The largest absolute Gasteiger partial charge is 0.465 e. The maximum atomic E-state index is 12.6. The number of hydrogen-bond donors (Lipinski definition) is 3. The van der Waals surface area contributed by atoms with Gasteiger partial charge in [0.05, 0.1) is 0 Å². The number of nitrogens with one attached hydrogen (secondary N) is 1. The number of rotatable bonds is 3. The molecule has 4 N–H and O–H groups in total. The Bertz CT molecular complexity index is 738. The van der Waals surface area contributed by atoms with Crippen molar-refractivity contribution >= 4 is 17.9 Å². The monoisotopic (exact) mass is 331 g/mol. The normalized spacial score (nSPS) is 15.2. The predicted octanol–water partition coefficient (Wildman–Crippen LogP) is 1.19. The summed E-state index contributed by atoms with van der Waals surface area (Å²) in [5, 5.41) is 15.7. The van der Waals surface area contributed by atoms with Gasteiger partial charge in [0.1, 0.15) is 11.3 Å². The lowest BCUT2D eigenvalue weighted by Gasteiger charge is -2.30. The topological polar surface area (TPSA) is 135 Å². The highest BCUT2D eigenvalue weighted by Crippen LogP contribution is 2.26. The van der Waals surface area contributed by atoms with E-state index in [4.69, 9.17) is 15.4 Å². The molecule has 0 saturated carbocycles. The molecule has 3 heterocycles. The van der Waals surface area contributed by atoms with Crippen LogP contribution in [0.3, 0.4) is 0 Å². The summed E-state index contributed by atoms with van der Waals surface area (Å²) in [6.07, 6.45) is 3.33. The number of pyridine rings is 1. The number of carbonyl (C=O) groups is 2. The molecule has 2 aromatic heterocycles. The summed E-state index contributed by atoms with van der Waals surface area (Å²) < 4.78 is 4.96. The third kappa shape index (κ3) is 3.14. The number of nitrogens with zero attached hydrogens (tertiary/aromatic N) is 3. The number of hydrogen-bond acceptors (Lipinski definition) is 6. The van der Waals surface area contributed by atoms with Crippen molar-refractivity contribution in [3.05, 3.63) is 30.1 Å². The molecular formula is C15H17N5O4. The first-order chi connectivity index (χ1) is 11.6. The quantitative estimate of drug-likeness (QED) is 0.769. The van der Waals surface area contributed by atoms with E-state index >= 15 is 0 Å². The number of nitrogen functional groups attached to an aromatic ring is 1. The summed E-state index contributed by atoms with van der Waals surface area (Å²) in [7, 11) is 0. The van der Waals surface area contributed by atoms with Crippen molar-refractivity contribution in [3.63, 3.8) is 0 Å². The Morgan fingerprint density at radius 3 is 2.75 bits per heavy atom. The Hall–Kier alpha value is -3.10. The average molecular weight is 331 g/mol. The Kier molecular flexibility index (Phi) is 4.32. The lowest BCUT2D eigenvalue weighted by molar-refractivity contribution is 0.0908. The minimum Gasteiger partial charge on any atom is -0.465 e. The van der Waals surface area contributed by atoms with Crippen molar-refractivity contribution in [2.45, 2.75) is 18.9 Å². The Morgan fingerprint density at radius 2 is 2.12 bits per heavy atom. The zero-order chi connectivity index (χ0) is 17.1. The van der Waals surface area contributed by atoms with Gasteiger partial charge in [-0.3, -0.25) is 9.78 Å². The molecule has 9 nitrogen and oxygen atoms in total. The summed E-state index contributed by atoms with van der Waals surface area (Å²) >= 11 is 0. The Balaban J connectivity index is 1.73. The van der Waals surface area contributed by atoms with E-state index in [2.05, 4.69) is 15.5 Å². The molecular weight excluding hydrogens is 314 g/mol. The molecule has 0 atom stereocenters. The van der Waals surface area contributed by atoms with Crippen LogP contribution in [0.25, 0.3) is 11.3 Å². The molecule has 1 saturated heterocycles. The van der Waals surface area contributed by atoms with Crippen LogP contribution in [0.4, 0.5) is 10.7 Å². The molecule has 9 heteroatoms.